The number of amides is 1. The Morgan fingerprint density at radius 3 is 2.23 bits per heavy atom. The zero-order chi connectivity index (χ0) is 22.5. The number of aliphatic carboxylic acids is 1. The fraction of sp³-hybridized carbons (Fsp3) is 0.261. The van der Waals surface area contributed by atoms with Crippen LogP contribution >= 0.6 is 11.6 Å². The summed E-state index contributed by atoms with van der Waals surface area (Å²) in [6.07, 6.45) is 1.56. The molecule has 0 saturated carbocycles. The Balaban J connectivity index is 1.96. The molecule has 3 rings (SSSR count). The van der Waals surface area contributed by atoms with E-state index in [9.17, 15) is 23.9 Å². The minimum atomic E-state index is -0.888. The van der Waals surface area contributed by atoms with E-state index in [2.05, 4.69) is 0 Å². The third-order valence-corrected chi connectivity index (χ3v) is 5.38. The third kappa shape index (κ3) is 5.11. The van der Waals surface area contributed by atoms with Crippen LogP contribution in [0.15, 0.2) is 54.1 Å². The highest BCUT2D eigenvalue weighted by Gasteiger charge is 2.45. The Kier molecular flexibility index (Phi) is 7.07. The highest BCUT2D eigenvalue weighted by molar-refractivity contribution is 6.46. The first kappa shape index (κ1) is 22.5. The summed E-state index contributed by atoms with van der Waals surface area (Å²) >= 11 is 5.97. The van der Waals surface area contributed by atoms with Gasteiger partial charge in [0.1, 0.15) is 11.6 Å². The van der Waals surface area contributed by atoms with Crippen LogP contribution in [0.1, 0.15) is 42.9 Å². The summed E-state index contributed by atoms with van der Waals surface area (Å²) in [4.78, 5) is 37.7. The number of carbonyl (C=O) groups is 3. The lowest BCUT2D eigenvalue weighted by atomic mass is 9.95. The second kappa shape index (κ2) is 9.75. The van der Waals surface area contributed by atoms with E-state index in [1.807, 2.05) is 0 Å². The molecule has 1 aliphatic rings. The van der Waals surface area contributed by atoms with Crippen LogP contribution in [0, 0.1) is 5.82 Å². The van der Waals surface area contributed by atoms with Crippen molar-refractivity contribution in [1.29, 1.82) is 0 Å². The van der Waals surface area contributed by atoms with Crippen LogP contribution in [-0.2, 0) is 14.4 Å². The summed E-state index contributed by atoms with van der Waals surface area (Å²) in [5.74, 6) is -3.34. The second-order valence-corrected chi connectivity index (χ2v) is 7.69. The van der Waals surface area contributed by atoms with Gasteiger partial charge in [0.2, 0.25) is 0 Å². The van der Waals surface area contributed by atoms with Crippen LogP contribution in [-0.4, -0.2) is 39.3 Å². The van der Waals surface area contributed by atoms with Gasteiger partial charge in [0.05, 0.1) is 11.6 Å². The Morgan fingerprint density at radius 1 is 0.968 bits per heavy atom. The number of carboxylic acids is 1. The van der Waals surface area contributed by atoms with Crippen LogP contribution < -0.4 is 0 Å². The number of aliphatic hydroxyl groups is 1. The first-order valence-corrected chi connectivity index (χ1v) is 10.2. The zero-order valence-electron chi connectivity index (χ0n) is 16.6. The number of nitrogens with zero attached hydrogens (tertiary/aromatic N) is 1. The molecule has 8 heteroatoms. The highest BCUT2D eigenvalue weighted by Crippen LogP contribution is 2.39. The van der Waals surface area contributed by atoms with Crippen molar-refractivity contribution in [2.45, 2.75) is 31.7 Å². The summed E-state index contributed by atoms with van der Waals surface area (Å²) < 4.78 is 13.3. The van der Waals surface area contributed by atoms with Gasteiger partial charge < -0.3 is 15.1 Å². The van der Waals surface area contributed by atoms with E-state index < -0.39 is 29.5 Å². The van der Waals surface area contributed by atoms with Gasteiger partial charge >= 0.3 is 5.97 Å². The molecule has 6 nitrogen and oxygen atoms in total. The maximum absolute atomic E-state index is 13.3. The van der Waals surface area contributed by atoms with Gasteiger partial charge in [-0.1, -0.05) is 30.2 Å². The third-order valence-electron chi connectivity index (χ3n) is 5.13. The van der Waals surface area contributed by atoms with Gasteiger partial charge in [-0.3, -0.25) is 14.4 Å². The summed E-state index contributed by atoms with van der Waals surface area (Å²) in [5.41, 5.74) is 0.738. The minimum Gasteiger partial charge on any atom is -0.507 e. The van der Waals surface area contributed by atoms with Crippen molar-refractivity contribution >= 4 is 35.0 Å². The SMILES string of the molecule is O=C(O)CCCCCN1C(=O)C(=O)C(=C(O)c2ccc(F)cc2)[C@@H]1c1ccc(Cl)cc1. The van der Waals surface area contributed by atoms with Crippen molar-refractivity contribution in [2.75, 3.05) is 6.54 Å². The number of carbonyl (C=O) groups excluding carboxylic acids is 2. The van der Waals surface area contributed by atoms with Crippen LogP contribution in [0.2, 0.25) is 5.02 Å². The molecule has 1 fully saturated rings. The van der Waals surface area contributed by atoms with Crippen molar-refractivity contribution in [1.82, 2.24) is 4.90 Å². The van der Waals surface area contributed by atoms with E-state index in [0.29, 0.717) is 29.8 Å². The first-order chi connectivity index (χ1) is 14.8. The lowest BCUT2D eigenvalue weighted by molar-refractivity contribution is -0.140. The molecule has 2 N–H and O–H groups in total. The highest BCUT2D eigenvalue weighted by atomic mass is 35.5. The predicted octanol–water partition coefficient (Wildman–Crippen LogP) is 4.55. The maximum Gasteiger partial charge on any atom is 0.303 e. The van der Waals surface area contributed by atoms with Gasteiger partial charge in [0, 0.05) is 23.6 Å². The number of halogens is 2. The number of Topliss-reactive ketones (excluding diaryl/α,β-unsaturated/α-hetero) is 1. The molecule has 0 bridgehead atoms. The smallest absolute Gasteiger partial charge is 0.303 e. The number of carboxylic acid groups (broad SMARTS) is 1. The van der Waals surface area contributed by atoms with Crippen molar-refractivity contribution in [3.05, 3.63) is 76.1 Å². The van der Waals surface area contributed by atoms with Gasteiger partial charge in [-0.15, -0.1) is 0 Å². The van der Waals surface area contributed by atoms with E-state index in [-0.39, 0.29) is 29.9 Å². The average Bonchev–Trinajstić information content (AvgIpc) is 2.99. The minimum absolute atomic E-state index is 0.0317. The van der Waals surface area contributed by atoms with Crippen LogP contribution in [0.25, 0.3) is 5.76 Å². The maximum atomic E-state index is 13.3. The largest absolute Gasteiger partial charge is 0.507 e. The van der Waals surface area contributed by atoms with Crippen molar-refractivity contribution in [3.8, 4) is 0 Å². The van der Waals surface area contributed by atoms with Crippen LogP contribution in [0.3, 0.4) is 0 Å². The topological polar surface area (TPSA) is 94.9 Å². The van der Waals surface area contributed by atoms with E-state index in [1.54, 1.807) is 24.3 Å². The molecule has 0 unspecified atom stereocenters. The number of hydrogen-bond acceptors (Lipinski definition) is 4. The van der Waals surface area contributed by atoms with Gasteiger partial charge in [0.25, 0.3) is 11.7 Å². The van der Waals surface area contributed by atoms with Gasteiger partial charge in [-0.05, 0) is 54.8 Å². The summed E-state index contributed by atoms with van der Waals surface area (Å²) in [7, 11) is 0. The number of hydrogen-bond donors (Lipinski definition) is 2. The molecule has 0 aromatic heterocycles. The molecule has 31 heavy (non-hydrogen) atoms. The molecule has 0 radical (unpaired) electrons. The fourth-order valence-electron chi connectivity index (χ4n) is 3.60. The van der Waals surface area contributed by atoms with Crippen molar-refractivity contribution in [2.24, 2.45) is 0 Å². The molecule has 0 spiro atoms. The number of likely N-dealkylation sites (tertiary alicyclic amines) is 1. The van der Waals surface area contributed by atoms with Crippen molar-refractivity contribution in [3.63, 3.8) is 0 Å². The number of unbranched alkanes of at least 4 members (excludes halogenated alkanes) is 2. The van der Waals surface area contributed by atoms with Gasteiger partial charge in [-0.25, -0.2) is 4.39 Å². The quantitative estimate of drug-likeness (QED) is 0.269. The normalized spacial score (nSPS) is 17.9. The summed E-state index contributed by atoms with van der Waals surface area (Å²) in [6.45, 7) is 0.220. The van der Waals surface area contributed by atoms with Gasteiger partial charge in [0.15, 0.2) is 0 Å². The van der Waals surface area contributed by atoms with Crippen molar-refractivity contribution < 1.29 is 29.0 Å². The first-order valence-electron chi connectivity index (χ1n) is 9.81. The molecular weight excluding hydrogens is 425 g/mol. The fourth-order valence-corrected chi connectivity index (χ4v) is 3.73. The van der Waals surface area contributed by atoms with E-state index in [0.717, 1.165) is 12.1 Å². The van der Waals surface area contributed by atoms with Crippen LogP contribution in [0.4, 0.5) is 4.39 Å². The Hall–Kier alpha value is -3.19. The van der Waals surface area contributed by atoms with Crippen LogP contribution in [0.5, 0.6) is 0 Å². The lowest BCUT2D eigenvalue weighted by Crippen LogP contribution is -2.30. The molecule has 0 aliphatic carbocycles. The average molecular weight is 446 g/mol. The number of aliphatic hydroxyl groups excluding tert-OH is 1. The second-order valence-electron chi connectivity index (χ2n) is 7.26. The molecule has 1 saturated heterocycles. The molecule has 2 aromatic rings. The number of ketones is 1. The molecule has 2 aromatic carbocycles. The standard InChI is InChI=1S/C23H21ClFNO5/c24-16-9-5-14(6-10-16)20-19(21(29)15-7-11-17(25)12-8-15)22(30)23(31)26(20)13-3-1-2-4-18(27)28/h5-12,20,29H,1-4,13H2,(H,27,28)/t20-/m0/s1. The summed E-state index contributed by atoms with van der Waals surface area (Å²) in [5, 5.41) is 20.1. The molecule has 162 valence electrons. The Labute approximate surface area is 183 Å². The Bertz CT molecular complexity index is 1020. The number of benzene rings is 2. The zero-order valence-corrected chi connectivity index (χ0v) is 17.3. The molecule has 1 heterocycles. The lowest BCUT2D eigenvalue weighted by Gasteiger charge is -2.25. The molecule has 1 aliphatic heterocycles. The van der Waals surface area contributed by atoms with E-state index in [4.69, 9.17) is 16.7 Å². The Morgan fingerprint density at radius 2 is 1.61 bits per heavy atom. The van der Waals surface area contributed by atoms with E-state index >= 15 is 0 Å². The molecule has 1 atom stereocenters. The van der Waals surface area contributed by atoms with E-state index in [1.165, 1.54) is 17.0 Å². The predicted molar refractivity (Wildman–Crippen MR) is 113 cm³/mol. The number of rotatable bonds is 8. The van der Waals surface area contributed by atoms with Gasteiger partial charge in [-0.2, -0.15) is 0 Å². The molecular formula is C23H21ClFNO5. The summed E-state index contributed by atoms with van der Waals surface area (Å²) in [6, 6.07) is 10.8. The monoisotopic (exact) mass is 445 g/mol. The molecule has 1 amide bonds.